The average Bonchev–Trinajstić information content (AvgIpc) is 3.38. The van der Waals surface area contributed by atoms with Gasteiger partial charge in [-0.1, -0.05) is 12.1 Å². The van der Waals surface area contributed by atoms with Gasteiger partial charge in [0, 0.05) is 52.4 Å². The Balaban J connectivity index is 1.28. The zero-order valence-electron chi connectivity index (χ0n) is 21.6. The average molecular weight is 544 g/mol. The molecule has 208 valence electrons. The maximum Gasteiger partial charge on any atom is 0.296 e. The summed E-state index contributed by atoms with van der Waals surface area (Å²) in [5.74, 6) is 0.561. The predicted molar refractivity (Wildman–Crippen MR) is 138 cm³/mol. The summed E-state index contributed by atoms with van der Waals surface area (Å²) in [6.07, 6.45) is -2.81. The Bertz CT molecular complexity index is 1300. The summed E-state index contributed by atoms with van der Waals surface area (Å²) in [6.45, 7) is 7.49. The second kappa shape index (κ2) is 11.3. The Morgan fingerprint density at radius 2 is 1.36 bits per heavy atom. The van der Waals surface area contributed by atoms with E-state index in [9.17, 15) is 13.6 Å². The van der Waals surface area contributed by atoms with Gasteiger partial charge >= 0.3 is 0 Å². The number of fused-ring (bicyclic) bond motifs is 1. The van der Waals surface area contributed by atoms with Gasteiger partial charge in [-0.3, -0.25) is 14.3 Å². The monoisotopic (exact) mass is 543 g/mol. The fraction of sp³-hybridized carbons (Fsp3) is 0.560. The Labute approximate surface area is 224 Å². The molecule has 2 aromatic heterocycles. The molecule has 0 atom stereocenters. The van der Waals surface area contributed by atoms with Crippen molar-refractivity contribution in [3.63, 3.8) is 0 Å². The third kappa shape index (κ3) is 5.49. The molecular weight excluding hydrogens is 512 g/mol. The van der Waals surface area contributed by atoms with E-state index in [2.05, 4.69) is 19.9 Å². The minimum atomic E-state index is -2.81. The van der Waals surface area contributed by atoms with Crippen LogP contribution >= 0.6 is 0 Å². The minimum absolute atomic E-state index is 0.0911. The molecule has 6 rings (SSSR count). The van der Waals surface area contributed by atoms with Crippen LogP contribution in [0.5, 0.6) is 0 Å². The lowest BCUT2D eigenvalue weighted by atomic mass is 10.3. The van der Waals surface area contributed by atoms with E-state index >= 15 is 0 Å². The smallest absolute Gasteiger partial charge is 0.296 e. The first-order valence-electron chi connectivity index (χ1n) is 13.2. The van der Waals surface area contributed by atoms with Crippen LogP contribution in [0.15, 0.2) is 24.3 Å². The van der Waals surface area contributed by atoms with Crippen molar-refractivity contribution in [1.29, 1.82) is 0 Å². The molecule has 0 radical (unpaired) electrons. The topological polar surface area (TPSA) is 105 Å². The van der Waals surface area contributed by atoms with E-state index in [0.29, 0.717) is 95.2 Å². The van der Waals surface area contributed by atoms with Crippen molar-refractivity contribution in [2.75, 3.05) is 95.1 Å². The molecule has 3 fully saturated rings. The summed E-state index contributed by atoms with van der Waals surface area (Å²) in [5.41, 5.74) is 0.937. The number of aromatic nitrogens is 5. The zero-order chi connectivity index (χ0) is 26.8. The van der Waals surface area contributed by atoms with Gasteiger partial charge in [0.05, 0.1) is 44.0 Å². The SMILES string of the molecule is O=C(CN1CCOCC1)N1CCN(c2nc(N3CCOCC3)nc(-n3c(C(F)F)nc4ccccc43)n2)CC1. The molecule has 1 amide bonds. The van der Waals surface area contributed by atoms with Crippen molar-refractivity contribution >= 4 is 28.8 Å². The summed E-state index contributed by atoms with van der Waals surface area (Å²) < 4.78 is 40.4. The quantitative estimate of drug-likeness (QED) is 0.447. The fourth-order valence-corrected chi connectivity index (χ4v) is 5.10. The van der Waals surface area contributed by atoms with Gasteiger partial charge in [0.15, 0.2) is 5.82 Å². The molecule has 0 aliphatic carbocycles. The van der Waals surface area contributed by atoms with Gasteiger partial charge in [-0.15, -0.1) is 0 Å². The largest absolute Gasteiger partial charge is 0.379 e. The number of para-hydroxylation sites is 2. The molecule has 0 spiro atoms. The first kappa shape index (κ1) is 25.8. The Kier molecular flexibility index (Phi) is 7.48. The van der Waals surface area contributed by atoms with E-state index in [1.165, 1.54) is 4.57 Å². The summed E-state index contributed by atoms with van der Waals surface area (Å²) in [5, 5.41) is 0. The number of rotatable bonds is 6. The van der Waals surface area contributed by atoms with Gasteiger partial charge in [-0.25, -0.2) is 13.8 Å². The van der Waals surface area contributed by atoms with Crippen LogP contribution in [0.1, 0.15) is 12.2 Å². The van der Waals surface area contributed by atoms with Crippen molar-refractivity contribution < 1.29 is 23.0 Å². The fourth-order valence-electron chi connectivity index (χ4n) is 5.10. The number of amides is 1. The molecule has 3 aliphatic rings. The number of hydrogen-bond acceptors (Lipinski definition) is 10. The summed E-state index contributed by atoms with van der Waals surface area (Å²) in [7, 11) is 0. The molecule has 3 aromatic rings. The van der Waals surface area contributed by atoms with E-state index in [-0.39, 0.29) is 11.9 Å². The van der Waals surface area contributed by atoms with Crippen molar-refractivity contribution in [3.05, 3.63) is 30.1 Å². The van der Waals surface area contributed by atoms with Crippen LogP contribution in [0.4, 0.5) is 20.7 Å². The molecule has 14 heteroatoms. The molecule has 12 nitrogen and oxygen atoms in total. The van der Waals surface area contributed by atoms with Crippen molar-refractivity contribution in [1.82, 2.24) is 34.3 Å². The number of benzene rings is 1. The summed E-state index contributed by atoms with van der Waals surface area (Å²) in [4.78, 5) is 39.0. The molecule has 1 aromatic carbocycles. The Morgan fingerprint density at radius 3 is 2.03 bits per heavy atom. The number of piperazine rings is 1. The van der Waals surface area contributed by atoms with Crippen LogP contribution in [-0.4, -0.2) is 126 Å². The van der Waals surface area contributed by atoms with E-state index in [4.69, 9.17) is 14.5 Å². The van der Waals surface area contributed by atoms with Crippen LogP contribution in [-0.2, 0) is 14.3 Å². The highest BCUT2D eigenvalue weighted by Gasteiger charge is 2.28. The lowest BCUT2D eigenvalue weighted by Crippen LogP contribution is -2.52. The van der Waals surface area contributed by atoms with Crippen LogP contribution in [0.25, 0.3) is 17.0 Å². The highest BCUT2D eigenvalue weighted by Crippen LogP contribution is 2.28. The Hall–Kier alpha value is -3.49. The number of nitrogens with zero attached hydrogens (tertiary/aromatic N) is 9. The first-order valence-corrected chi connectivity index (χ1v) is 13.2. The molecule has 5 heterocycles. The predicted octanol–water partition coefficient (Wildman–Crippen LogP) is 0.966. The van der Waals surface area contributed by atoms with E-state index in [1.807, 2.05) is 14.7 Å². The number of carbonyl (C=O) groups is 1. The van der Waals surface area contributed by atoms with Gasteiger partial charge < -0.3 is 24.2 Å². The number of hydrogen-bond donors (Lipinski definition) is 0. The maximum absolute atomic E-state index is 14.1. The highest BCUT2D eigenvalue weighted by molar-refractivity contribution is 5.79. The second-order valence-corrected chi connectivity index (χ2v) is 9.69. The van der Waals surface area contributed by atoms with Crippen LogP contribution in [0.2, 0.25) is 0 Å². The van der Waals surface area contributed by atoms with Crippen LogP contribution in [0, 0.1) is 0 Å². The number of morpholine rings is 2. The molecule has 0 unspecified atom stereocenters. The highest BCUT2D eigenvalue weighted by atomic mass is 19.3. The number of ether oxygens (including phenoxy) is 2. The Morgan fingerprint density at radius 1 is 0.769 bits per heavy atom. The first-order chi connectivity index (χ1) is 19.1. The van der Waals surface area contributed by atoms with E-state index < -0.39 is 12.2 Å². The second-order valence-electron chi connectivity index (χ2n) is 9.69. The van der Waals surface area contributed by atoms with Crippen LogP contribution < -0.4 is 9.80 Å². The van der Waals surface area contributed by atoms with Gasteiger partial charge in [-0.05, 0) is 12.1 Å². The van der Waals surface area contributed by atoms with Gasteiger partial charge in [-0.2, -0.15) is 15.0 Å². The third-order valence-corrected chi connectivity index (χ3v) is 7.25. The molecule has 0 saturated carbocycles. The number of halogens is 2. The van der Waals surface area contributed by atoms with Crippen LogP contribution in [0.3, 0.4) is 0 Å². The molecule has 3 saturated heterocycles. The standard InChI is InChI=1S/C25H31F2N9O3/c26-21(27)22-28-18-3-1-2-4-19(18)36(22)25-30-23(29-24(31-25)35-11-15-39-16-12-35)34-7-5-33(6-8-34)20(37)17-32-9-13-38-14-10-32/h1-4,21H,5-17H2. The summed E-state index contributed by atoms with van der Waals surface area (Å²) >= 11 is 0. The number of carbonyl (C=O) groups excluding carboxylic acids is 1. The normalized spacial score (nSPS) is 19.3. The van der Waals surface area contributed by atoms with Gasteiger partial charge in [0.2, 0.25) is 23.8 Å². The molecule has 0 N–H and O–H groups in total. The molecule has 3 aliphatic heterocycles. The molecule has 39 heavy (non-hydrogen) atoms. The van der Waals surface area contributed by atoms with Crippen molar-refractivity contribution in [2.45, 2.75) is 6.43 Å². The van der Waals surface area contributed by atoms with E-state index in [0.717, 1.165) is 13.1 Å². The van der Waals surface area contributed by atoms with E-state index in [1.54, 1.807) is 24.3 Å². The van der Waals surface area contributed by atoms with Crippen molar-refractivity contribution in [3.8, 4) is 5.95 Å². The third-order valence-electron chi connectivity index (χ3n) is 7.25. The molecular formula is C25H31F2N9O3. The molecule has 0 bridgehead atoms. The minimum Gasteiger partial charge on any atom is -0.379 e. The van der Waals surface area contributed by atoms with Gasteiger partial charge in [0.25, 0.3) is 6.43 Å². The number of anilines is 2. The lowest BCUT2D eigenvalue weighted by molar-refractivity contribution is -0.133. The number of imidazole rings is 1. The summed E-state index contributed by atoms with van der Waals surface area (Å²) in [6, 6.07) is 6.95. The van der Waals surface area contributed by atoms with Gasteiger partial charge in [0.1, 0.15) is 0 Å². The lowest BCUT2D eigenvalue weighted by Gasteiger charge is -2.36. The zero-order valence-corrected chi connectivity index (χ0v) is 21.6. The maximum atomic E-state index is 14.1. The number of alkyl halides is 2. The van der Waals surface area contributed by atoms with Crippen molar-refractivity contribution in [2.24, 2.45) is 0 Å².